The largest absolute Gasteiger partial charge is 0.465 e. The van der Waals surface area contributed by atoms with Crippen molar-refractivity contribution in [3.8, 4) is 0 Å². The van der Waals surface area contributed by atoms with Crippen LogP contribution in [0.25, 0.3) is 0 Å². The predicted octanol–water partition coefficient (Wildman–Crippen LogP) is 0.569. The Hall–Kier alpha value is -0.530. The zero-order valence-electron chi connectivity index (χ0n) is 4.59. The minimum Gasteiger partial charge on any atom is -0.465 e. The van der Waals surface area contributed by atoms with E-state index in [4.69, 9.17) is 4.74 Å². The number of carbonyl (C=O) groups is 1. The Kier molecular flexibility index (Phi) is 0.678. The van der Waals surface area contributed by atoms with E-state index in [1.807, 2.05) is 0 Å². The third-order valence-corrected chi connectivity index (χ3v) is 1.96. The van der Waals surface area contributed by atoms with Crippen molar-refractivity contribution in [3.63, 3.8) is 0 Å². The molecule has 0 unspecified atom stereocenters. The monoisotopic (exact) mass is 112 g/mol. The van der Waals surface area contributed by atoms with E-state index < -0.39 is 0 Å². The number of cyclic esters (lactones) is 1. The van der Waals surface area contributed by atoms with Crippen molar-refractivity contribution >= 4 is 5.97 Å². The summed E-state index contributed by atoms with van der Waals surface area (Å²) < 4.78 is 4.79. The molecule has 2 nitrogen and oxygen atoms in total. The molecule has 8 heavy (non-hydrogen) atoms. The van der Waals surface area contributed by atoms with E-state index in [2.05, 4.69) is 0 Å². The first-order chi connectivity index (χ1) is 3.88. The van der Waals surface area contributed by atoms with E-state index in [1.54, 1.807) is 0 Å². The zero-order chi connectivity index (χ0) is 5.56. The molecule has 2 atom stereocenters. The molecule has 1 saturated heterocycles. The van der Waals surface area contributed by atoms with Crippen LogP contribution in [-0.4, -0.2) is 12.6 Å². The molecule has 2 aliphatic rings. The fraction of sp³-hybridized carbons (Fsp3) is 0.833. The van der Waals surface area contributed by atoms with Gasteiger partial charge in [0.2, 0.25) is 0 Å². The van der Waals surface area contributed by atoms with Gasteiger partial charge in [-0.05, 0) is 18.8 Å². The average molecular weight is 112 g/mol. The average Bonchev–Trinajstić information content (AvgIpc) is 2.45. The summed E-state index contributed by atoms with van der Waals surface area (Å²) in [6.45, 7) is 0.667. The number of ether oxygens (including phenoxy) is 1. The Bertz CT molecular complexity index is 130. The van der Waals surface area contributed by atoms with Crippen molar-refractivity contribution in [1.29, 1.82) is 0 Å². The fourth-order valence-corrected chi connectivity index (χ4v) is 1.27. The van der Waals surface area contributed by atoms with Crippen LogP contribution in [0.1, 0.15) is 12.8 Å². The Balaban J connectivity index is 2.08. The first-order valence-electron chi connectivity index (χ1n) is 3.04. The molecule has 0 radical (unpaired) electrons. The normalized spacial score (nSPS) is 42.8. The summed E-state index contributed by atoms with van der Waals surface area (Å²) in [7, 11) is 0. The lowest BCUT2D eigenvalue weighted by Gasteiger charge is -2.07. The first-order valence-corrected chi connectivity index (χ1v) is 3.04. The van der Waals surface area contributed by atoms with Crippen molar-refractivity contribution in [2.75, 3.05) is 6.61 Å². The van der Waals surface area contributed by atoms with Crippen LogP contribution in [0.3, 0.4) is 0 Å². The molecular formula is C6H8O2. The molecule has 0 aromatic carbocycles. The zero-order valence-corrected chi connectivity index (χ0v) is 4.59. The van der Waals surface area contributed by atoms with Crippen LogP contribution < -0.4 is 0 Å². The van der Waals surface area contributed by atoms with E-state index in [0.717, 1.165) is 12.8 Å². The maximum Gasteiger partial charge on any atom is 0.309 e. The minimum absolute atomic E-state index is 0.0428. The highest BCUT2D eigenvalue weighted by Gasteiger charge is 2.46. The van der Waals surface area contributed by atoms with Gasteiger partial charge in [0.05, 0.1) is 12.5 Å². The molecule has 1 heterocycles. The molecule has 1 aliphatic heterocycles. The summed E-state index contributed by atoms with van der Waals surface area (Å²) in [4.78, 5) is 10.6. The second-order valence-electron chi connectivity index (χ2n) is 2.56. The molecule has 44 valence electrons. The Labute approximate surface area is 47.8 Å². The molecular weight excluding hydrogens is 104 g/mol. The number of fused-ring (bicyclic) bond motifs is 1. The van der Waals surface area contributed by atoms with Gasteiger partial charge in [-0.1, -0.05) is 0 Å². The van der Waals surface area contributed by atoms with Crippen LogP contribution in [0.5, 0.6) is 0 Å². The molecule has 0 aromatic rings. The third kappa shape index (κ3) is 0.457. The minimum atomic E-state index is 0.0428. The van der Waals surface area contributed by atoms with Crippen molar-refractivity contribution in [1.82, 2.24) is 0 Å². The molecule has 2 heteroatoms. The van der Waals surface area contributed by atoms with Crippen molar-refractivity contribution < 1.29 is 9.53 Å². The molecule has 1 aliphatic carbocycles. The van der Waals surface area contributed by atoms with E-state index in [-0.39, 0.29) is 5.97 Å². The van der Waals surface area contributed by atoms with Gasteiger partial charge in [-0.15, -0.1) is 0 Å². The number of hydrogen-bond acceptors (Lipinski definition) is 2. The fourth-order valence-electron chi connectivity index (χ4n) is 1.27. The lowest BCUT2D eigenvalue weighted by molar-refractivity contribution is -0.148. The van der Waals surface area contributed by atoms with Crippen LogP contribution in [0, 0.1) is 11.8 Å². The van der Waals surface area contributed by atoms with Gasteiger partial charge in [-0.25, -0.2) is 0 Å². The summed E-state index contributed by atoms with van der Waals surface area (Å²) in [5, 5.41) is 0. The smallest absolute Gasteiger partial charge is 0.309 e. The molecule has 2 rings (SSSR count). The molecule has 0 N–H and O–H groups in total. The van der Waals surface area contributed by atoms with Crippen molar-refractivity contribution in [3.05, 3.63) is 0 Å². The van der Waals surface area contributed by atoms with E-state index >= 15 is 0 Å². The van der Waals surface area contributed by atoms with Crippen molar-refractivity contribution in [2.24, 2.45) is 11.8 Å². The molecule has 0 spiro atoms. The quantitative estimate of drug-likeness (QED) is 0.428. The van der Waals surface area contributed by atoms with Crippen LogP contribution in [-0.2, 0) is 9.53 Å². The molecule has 0 amide bonds. The lowest BCUT2D eigenvalue weighted by atomic mass is 10.2. The Morgan fingerprint density at radius 1 is 1.62 bits per heavy atom. The highest BCUT2D eigenvalue weighted by molar-refractivity contribution is 5.76. The molecule has 2 fully saturated rings. The predicted molar refractivity (Wildman–Crippen MR) is 27.2 cm³/mol. The second kappa shape index (κ2) is 1.24. The highest BCUT2D eigenvalue weighted by Crippen LogP contribution is 2.44. The number of hydrogen-bond donors (Lipinski definition) is 0. The van der Waals surface area contributed by atoms with Gasteiger partial charge in [0.25, 0.3) is 0 Å². The summed E-state index contributed by atoms with van der Waals surface area (Å²) >= 11 is 0. The topological polar surface area (TPSA) is 26.3 Å². The molecule has 0 bridgehead atoms. The van der Waals surface area contributed by atoms with Crippen LogP contribution in [0.15, 0.2) is 0 Å². The van der Waals surface area contributed by atoms with Crippen LogP contribution in [0.2, 0.25) is 0 Å². The standard InChI is InChI=1S/C6H8O2/c7-6-5-3-4(5)1-2-8-6/h4-5H,1-3H2/t4-,5+/m0/s1. The van der Waals surface area contributed by atoms with Crippen LogP contribution in [0.4, 0.5) is 0 Å². The number of carbonyl (C=O) groups excluding carboxylic acids is 1. The number of esters is 1. The van der Waals surface area contributed by atoms with Gasteiger partial charge in [0, 0.05) is 0 Å². The Morgan fingerprint density at radius 2 is 2.50 bits per heavy atom. The van der Waals surface area contributed by atoms with Gasteiger partial charge in [0.1, 0.15) is 0 Å². The molecule has 0 aromatic heterocycles. The van der Waals surface area contributed by atoms with Gasteiger partial charge in [0.15, 0.2) is 0 Å². The van der Waals surface area contributed by atoms with E-state index in [0.29, 0.717) is 18.4 Å². The SMILES string of the molecule is O=C1OCC[C@H]2C[C@@H]12. The summed E-state index contributed by atoms with van der Waals surface area (Å²) in [6, 6.07) is 0. The van der Waals surface area contributed by atoms with Gasteiger partial charge < -0.3 is 4.74 Å². The van der Waals surface area contributed by atoms with Gasteiger partial charge in [-0.3, -0.25) is 4.79 Å². The van der Waals surface area contributed by atoms with E-state index in [1.165, 1.54) is 0 Å². The van der Waals surface area contributed by atoms with E-state index in [9.17, 15) is 4.79 Å². The summed E-state index contributed by atoms with van der Waals surface area (Å²) in [5.41, 5.74) is 0. The second-order valence-corrected chi connectivity index (χ2v) is 2.56. The maximum absolute atomic E-state index is 10.6. The summed E-state index contributed by atoms with van der Waals surface area (Å²) in [5.74, 6) is 1.06. The van der Waals surface area contributed by atoms with Gasteiger partial charge >= 0.3 is 5.97 Å². The highest BCUT2D eigenvalue weighted by atomic mass is 16.5. The third-order valence-electron chi connectivity index (χ3n) is 1.96. The maximum atomic E-state index is 10.6. The molecule has 1 saturated carbocycles. The number of rotatable bonds is 0. The van der Waals surface area contributed by atoms with Gasteiger partial charge in [-0.2, -0.15) is 0 Å². The van der Waals surface area contributed by atoms with Crippen LogP contribution >= 0.6 is 0 Å². The lowest BCUT2D eigenvalue weighted by Crippen LogP contribution is -2.14. The Morgan fingerprint density at radius 3 is 3.12 bits per heavy atom. The van der Waals surface area contributed by atoms with Crippen molar-refractivity contribution in [2.45, 2.75) is 12.8 Å². The first kappa shape index (κ1) is 4.36. The summed E-state index contributed by atoms with van der Waals surface area (Å²) in [6.07, 6.45) is 2.20.